The van der Waals surface area contributed by atoms with Crippen LogP contribution in [0.25, 0.3) is 11.1 Å². The fourth-order valence-electron chi connectivity index (χ4n) is 4.31. The Kier molecular flexibility index (Phi) is 6.68. The molecular formula is C24H23F2N3O6. The predicted octanol–water partition coefficient (Wildman–Crippen LogP) is 1.72. The van der Waals surface area contributed by atoms with Gasteiger partial charge in [-0.3, -0.25) is 14.4 Å². The van der Waals surface area contributed by atoms with Gasteiger partial charge < -0.3 is 25.8 Å². The van der Waals surface area contributed by atoms with Crippen LogP contribution in [0, 0.1) is 11.8 Å². The van der Waals surface area contributed by atoms with Crippen LogP contribution in [0.3, 0.4) is 0 Å². The highest BCUT2D eigenvalue weighted by Gasteiger charge is 2.72. The molecule has 4 rings (SSSR count). The second-order valence-electron chi connectivity index (χ2n) is 8.36. The Morgan fingerprint density at radius 2 is 1.40 bits per heavy atom. The predicted molar refractivity (Wildman–Crippen MR) is 119 cm³/mol. The number of alkyl carbamates (subject to hydrolysis) is 1. The molecule has 0 aliphatic heterocycles. The molecule has 2 aromatic rings. The number of hydrogen-bond donors (Lipinski definition) is 4. The number of halogens is 2. The molecule has 11 heteroatoms. The molecule has 35 heavy (non-hydrogen) atoms. The summed E-state index contributed by atoms with van der Waals surface area (Å²) in [4.78, 5) is 46.4. The van der Waals surface area contributed by atoms with Crippen LogP contribution in [0.5, 0.6) is 0 Å². The van der Waals surface area contributed by atoms with Gasteiger partial charge in [-0.05, 0) is 22.3 Å². The van der Waals surface area contributed by atoms with Crippen molar-refractivity contribution in [3.05, 3.63) is 59.7 Å². The Balaban J connectivity index is 1.16. The third-order valence-corrected chi connectivity index (χ3v) is 6.17. The first-order chi connectivity index (χ1) is 16.7. The topological polar surface area (TPSA) is 134 Å². The van der Waals surface area contributed by atoms with Gasteiger partial charge in [-0.1, -0.05) is 48.5 Å². The number of carbonyl (C=O) groups is 4. The zero-order valence-electron chi connectivity index (χ0n) is 18.4. The van der Waals surface area contributed by atoms with E-state index in [0.717, 1.165) is 22.3 Å². The summed E-state index contributed by atoms with van der Waals surface area (Å²) in [6.45, 7) is -1.41. The molecule has 3 amide bonds. The summed E-state index contributed by atoms with van der Waals surface area (Å²) in [5, 5.41) is 15.4. The van der Waals surface area contributed by atoms with Gasteiger partial charge in [0.2, 0.25) is 11.8 Å². The molecule has 1 saturated carbocycles. The maximum atomic E-state index is 13.3. The van der Waals surface area contributed by atoms with Crippen molar-refractivity contribution in [1.29, 1.82) is 0 Å². The molecule has 2 atom stereocenters. The molecule has 0 radical (unpaired) electrons. The summed E-state index contributed by atoms with van der Waals surface area (Å²) < 4.78 is 31.9. The van der Waals surface area contributed by atoms with Gasteiger partial charge in [0.25, 0.3) is 5.92 Å². The van der Waals surface area contributed by atoms with Crippen LogP contribution in [-0.2, 0) is 19.1 Å². The number of amides is 3. The summed E-state index contributed by atoms with van der Waals surface area (Å²) in [6.07, 6.45) is -0.804. The third-order valence-electron chi connectivity index (χ3n) is 6.17. The molecule has 9 nitrogen and oxygen atoms in total. The Labute approximate surface area is 198 Å². The van der Waals surface area contributed by atoms with Crippen LogP contribution in [0.4, 0.5) is 13.6 Å². The van der Waals surface area contributed by atoms with Gasteiger partial charge in [0, 0.05) is 12.5 Å². The highest BCUT2D eigenvalue weighted by molar-refractivity contribution is 5.87. The Morgan fingerprint density at radius 3 is 1.97 bits per heavy atom. The molecule has 2 aromatic carbocycles. The number of benzene rings is 2. The van der Waals surface area contributed by atoms with Crippen molar-refractivity contribution < 1.29 is 37.8 Å². The van der Waals surface area contributed by atoms with Crippen LogP contribution in [0.1, 0.15) is 17.0 Å². The molecular weight excluding hydrogens is 464 g/mol. The quantitative estimate of drug-likeness (QED) is 0.426. The summed E-state index contributed by atoms with van der Waals surface area (Å²) >= 11 is 0. The van der Waals surface area contributed by atoms with E-state index >= 15 is 0 Å². The maximum Gasteiger partial charge on any atom is 0.407 e. The summed E-state index contributed by atoms with van der Waals surface area (Å²) in [7, 11) is 0. The van der Waals surface area contributed by atoms with E-state index in [-0.39, 0.29) is 12.5 Å². The minimum absolute atomic E-state index is 0.0764. The lowest BCUT2D eigenvalue weighted by molar-refractivity contribution is -0.141. The normalized spacial score (nSPS) is 19.1. The standard InChI is InChI=1S/C24H23F2N3O6/c25-24(26)18(21(24)22(32)33)9-27-19(30)10-28-20(31)11-29-23(34)35-12-17-15-7-3-1-5-13(15)14-6-2-4-8-16(14)17/h1-8,17-18,21H,9-12H2,(H,27,30)(H,28,31)(H,29,34)(H,32,33)/t18-,21-/m0/s1. The van der Waals surface area contributed by atoms with Crippen molar-refractivity contribution in [3.8, 4) is 11.1 Å². The second-order valence-corrected chi connectivity index (χ2v) is 8.36. The minimum Gasteiger partial charge on any atom is -0.481 e. The minimum atomic E-state index is -3.37. The van der Waals surface area contributed by atoms with Gasteiger partial charge in [0.1, 0.15) is 19.1 Å². The van der Waals surface area contributed by atoms with Gasteiger partial charge in [0.05, 0.1) is 12.5 Å². The summed E-state index contributed by atoms with van der Waals surface area (Å²) in [5.74, 6) is -9.86. The first-order valence-corrected chi connectivity index (χ1v) is 10.9. The van der Waals surface area contributed by atoms with E-state index < -0.39 is 61.3 Å². The highest BCUT2D eigenvalue weighted by Crippen LogP contribution is 2.54. The lowest BCUT2D eigenvalue weighted by Gasteiger charge is -2.14. The number of alkyl halides is 2. The molecule has 2 aliphatic carbocycles. The van der Waals surface area contributed by atoms with Gasteiger partial charge in [-0.25, -0.2) is 13.6 Å². The van der Waals surface area contributed by atoms with Crippen molar-refractivity contribution in [3.63, 3.8) is 0 Å². The monoisotopic (exact) mass is 487 g/mol. The Bertz CT molecular complexity index is 1130. The zero-order valence-corrected chi connectivity index (χ0v) is 18.4. The largest absolute Gasteiger partial charge is 0.481 e. The maximum absolute atomic E-state index is 13.3. The van der Waals surface area contributed by atoms with E-state index in [1.165, 1.54) is 0 Å². The van der Waals surface area contributed by atoms with Crippen LogP contribution >= 0.6 is 0 Å². The molecule has 0 spiro atoms. The van der Waals surface area contributed by atoms with E-state index in [9.17, 15) is 28.0 Å². The number of rotatable bonds is 9. The summed E-state index contributed by atoms with van der Waals surface area (Å²) in [5.41, 5.74) is 4.25. The lowest BCUT2D eigenvalue weighted by Crippen LogP contribution is -2.42. The van der Waals surface area contributed by atoms with Gasteiger partial charge in [-0.2, -0.15) is 0 Å². The van der Waals surface area contributed by atoms with Crippen molar-refractivity contribution >= 4 is 23.9 Å². The van der Waals surface area contributed by atoms with E-state index in [4.69, 9.17) is 9.84 Å². The average molecular weight is 487 g/mol. The SMILES string of the molecule is O=C(CNC(=O)CNC(=O)OCC1c2ccccc2-c2ccccc21)NC[C@H]1[C@@H](C(=O)O)C1(F)F. The molecule has 2 aliphatic rings. The first kappa shape index (κ1) is 24.1. The fraction of sp³-hybridized carbons (Fsp3) is 0.333. The summed E-state index contributed by atoms with van der Waals surface area (Å²) in [6, 6.07) is 15.7. The van der Waals surface area contributed by atoms with E-state index in [0.29, 0.717) is 0 Å². The molecule has 0 bridgehead atoms. The van der Waals surface area contributed by atoms with Crippen LogP contribution in [-0.4, -0.2) is 61.1 Å². The number of ether oxygens (including phenoxy) is 1. The molecule has 0 heterocycles. The van der Waals surface area contributed by atoms with E-state index in [1.54, 1.807) is 0 Å². The van der Waals surface area contributed by atoms with Crippen molar-refractivity contribution in [1.82, 2.24) is 16.0 Å². The molecule has 0 saturated heterocycles. The Morgan fingerprint density at radius 1 is 0.857 bits per heavy atom. The number of fused-ring (bicyclic) bond motifs is 3. The van der Waals surface area contributed by atoms with E-state index in [1.807, 2.05) is 48.5 Å². The fourth-order valence-corrected chi connectivity index (χ4v) is 4.31. The molecule has 0 aromatic heterocycles. The number of carboxylic acids is 1. The van der Waals surface area contributed by atoms with E-state index in [2.05, 4.69) is 16.0 Å². The smallest absolute Gasteiger partial charge is 0.407 e. The Hall–Kier alpha value is -4.02. The molecule has 4 N–H and O–H groups in total. The first-order valence-electron chi connectivity index (χ1n) is 10.9. The lowest BCUT2D eigenvalue weighted by atomic mass is 9.98. The average Bonchev–Trinajstić information content (AvgIpc) is 3.25. The number of hydrogen-bond acceptors (Lipinski definition) is 5. The van der Waals surface area contributed by atoms with Gasteiger partial charge >= 0.3 is 12.1 Å². The molecule has 1 fully saturated rings. The van der Waals surface area contributed by atoms with Gasteiger partial charge in [-0.15, -0.1) is 0 Å². The number of carboxylic acid groups (broad SMARTS) is 1. The van der Waals surface area contributed by atoms with Crippen molar-refractivity contribution in [2.45, 2.75) is 11.8 Å². The third kappa shape index (κ3) is 5.08. The number of carbonyl (C=O) groups excluding carboxylic acids is 3. The van der Waals surface area contributed by atoms with Crippen LogP contribution in [0.15, 0.2) is 48.5 Å². The van der Waals surface area contributed by atoms with Crippen molar-refractivity contribution in [2.24, 2.45) is 11.8 Å². The highest BCUT2D eigenvalue weighted by atomic mass is 19.3. The number of nitrogens with one attached hydrogen (secondary N) is 3. The van der Waals surface area contributed by atoms with Crippen LogP contribution < -0.4 is 16.0 Å². The van der Waals surface area contributed by atoms with Crippen molar-refractivity contribution in [2.75, 3.05) is 26.2 Å². The number of aliphatic carboxylic acids is 1. The van der Waals surface area contributed by atoms with Crippen LogP contribution in [0.2, 0.25) is 0 Å². The zero-order chi connectivity index (χ0) is 25.2. The van der Waals surface area contributed by atoms with Gasteiger partial charge in [0.15, 0.2) is 0 Å². The second kappa shape index (κ2) is 9.69. The molecule has 0 unspecified atom stereocenters. The molecule has 184 valence electrons.